The van der Waals surface area contributed by atoms with Gasteiger partial charge in [-0.3, -0.25) is 9.89 Å². The number of aliphatic imine (C=N–C) groups is 1. The van der Waals surface area contributed by atoms with Crippen molar-refractivity contribution in [3.63, 3.8) is 0 Å². The van der Waals surface area contributed by atoms with Gasteiger partial charge in [-0.1, -0.05) is 30.3 Å². The first-order valence-corrected chi connectivity index (χ1v) is 10.2. The maximum atomic E-state index is 6.12. The third-order valence-electron chi connectivity index (χ3n) is 5.35. The molecule has 1 saturated heterocycles. The number of aryl methyl sites for hydroxylation is 1. The number of likely N-dealkylation sites (N-methyl/N-ethyl adjacent to an activating group) is 2. The summed E-state index contributed by atoms with van der Waals surface area (Å²) < 4.78 is 6.12. The molecule has 0 amide bonds. The van der Waals surface area contributed by atoms with Crippen LogP contribution in [-0.2, 0) is 6.54 Å². The molecule has 1 aliphatic heterocycles. The molecular weight excluding hydrogens is 489 g/mol. The van der Waals surface area contributed by atoms with Gasteiger partial charge in [0.15, 0.2) is 5.96 Å². The van der Waals surface area contributed by atoms with Gasteiger partial charge in [-0.2, -0.15) is 0 Å². The highest BCUT2D eigenvalue weighted by atomic mass is 127. The quantitative estimate of drug-likeness (QED) is 0.346. The fraction of sp³-hybridized carbons (Fsp3) is 0.435. The zero-order valence-corrected chi connectivity index (χ0v) is 20.7. The number of para-hydroxylation sites is 1. The standard InChI is InChI=1S/C23H33N5O.HI/c1-18-10-11-19(22(14-18)29-21-8-6-5-7-9-21)15-25-23(24-2)26-16-20-17-27(3)12-13-28(20)4;/h5-11,14,20H,12-13,15-17H2,1-4H3,(H2,24,25,26);1H. The minimum Gasteiger partial charge on any atom is -0.457 e. The number of ether oxygens (including phenoxy) is 1. The van der Waals surface area contributed by atoms with E-state index in [0.29, 0.717) is 12.6 Å². The van der Waals surface area contributed by atoms with Gasteiger partial charge in [0.25, 0.3) is 0 Å². The summed E-state index contributed by atoms with van der Waals surface area (Å²) in [5.74, 6) is 2.51. The first-order chi connectivity index (χ1) is 14.0. The van der Waals surface area contributed by atoms with Crippen LogP contribution >= 0.6 is 24.0 Å². The summed E-state index contributed by atoms with van der Waals surface area (Å²) in [6, 6.07) is 16.7. The number of nitrogens with zero attached hydrogens (tertiary/aromatic N) is 3. The number of hydrogen-bond donors (Lipinski definition) is 2. The second kappa shape index (κ2) is 12.1. The van der Waals surface area contributed by atoms with Crippen molar-refractivity contribution in [3.05, 3.63) is 59.7 Å². The van der Waals surface area contributed by atoms with Crippen LogP contribution in [0.3, 0.4) is 0 Å². The van der Waals surface area contributed by atoms with Crippen LogP contribution in [0, 0.1) is 6.92 Å². The van der Waals surface area contributed by atoms with Crippen LogP contribution in [0.2, 0.25) is 0 Å². The molecule has 0 saturated carbocycles. The molecule has 1 atom stereocenters. The predicted molar refractivity (Wildman–Crippen MR) is 135 cm³/mol. The van der Waals surface area contributed by atoms with Crippen molar-refractivity contribution in [2.24, 2.45) is 4.99 Å². The minimum atomic E-state index is 0. The zero-order valence-electron chi connectivity index (χ0n) is 18.4. The fourth-order valence-corrected chi connectivity index (χ4v) is 3.45. The van der Waals surface area contributed by atoms with E-state index in [-0.39, 0.29) is 24.0 Å². The van der Waals surface area contributed by atoms with Gasteiger partial charge in [-0.05, 0) is 44.8 Å². The summed E-state index contributed by atoms with van der Waals surface area (Å²) in [6.07, 6.45) is 0. The second-order valence-electron chi connectivity index (χ2n) is 7.73. The molecule has 1 heterocycles. The van der Waals surface area contributed by atoms with Crippen LogP contribution in [0.15, 0.2) is 53.5 Å². The Morgan fingerprint density at radius 2 is 1.87 bits per heavy atom. The van der Waals surface area contributed by atoms with Gasteiger partial charge in [-0.25, -0.2) is 0 Å². The molecule has 164 valence electrons. The maximum Gasteiger partial charge on any atom is 0.191 e. The lowest BCUT2D eigenvalue weighted by Gasteiger charge is -2.37. The van der Waals surface area contributed by atoms with Crippen LogP contribution in [0.5, 0.6) is 11.5 Å². The van der Waals surface area contributed by atoms with E-state index < -0.39 is 0 Å². The third kappa shape index (κ3) is 7.14. The van der Waals surface area contributed by atoms with Crippen LogP contribution in [0.25, 0.3) is 0 Å². The van der Waals surface area contributed by atoms with E-state index in [4.69, 9.17) is 4.74 Å². The number of piperazine rings is 1. The van der Waals surface area contributed by atoms with Gasteiger partial charge >= 0.3 is 0 Å². The van der Waals surface area contributed by atoms with Crippen LogP contribution in [-0.4, -0.2) is 69.1 Å². The highest BCUT2D eigenvalue weighted by molar-refractivity contribution is 14.0. The van der Waals surface area contributed by atoms with Gasteiger partial charge in [0, 0.05) is 51.4 Å². The summed E-state index contributed by atoms with van der Waals surface area (Å²) in [5, 5.41) is 6.89. The summed E-state index contributed by atoms with van der Waals surface area (Å²) in [5.41, 5.74) is 2.27. The van der Waals surface area contributed by atoms with E-state index in [0.717, 1.165) is 49.2 Å². The number of rotatable bonds is 6. The van der Waals surface area contributed by atoms with Gasteiger partial charge in [0.1, 0.15) is 11.5 Å². The van der Waals surface area contributed by atoms with Gasteiger partial charge in [0.2, 0.25) is 0 Å². The number of nitrogens with one attached hydrogen (secondary N) is 2. The van der Waals surface area contributed by atoms with E-state index in [1.54, 1.807) is 0 Å². The first-order valence-electron chi connectivity index (χ1n) is 10.2. The van der Waals surface area contributed by atoms with E-state index in [9.17, 15) is 0 Å². The molecule has 1 aliphatic rings. The number of guanidine groups is 1. The lowest BCUT2D eigenvalue weighted by atomic mass is 10.1. The SMILES string of the molecule is CN=C(NCc1ccc(C)cc1Oc1ccccc1)NCC1CN(C)CCN1C.I. The molecular formula is C23H34IN5O. The smallest absolute Gasteiger partial charge is 0.191 e. The molecule has 6 nitrogen and oxygen atoms in total. The van der Waals surface area contributed by atoms with E-state index in [2.05, 4.69) is 64.6 Å². The predicted octanol–water partition coefficient (Wildman–Crippen LogP) is 3.32. The van der Waals surface area contributed by atoms with E-state index in [1.807, 2.05) is 37.4 Å². The molecule has 0 radical (unpaired) electrons. The molecule has 7 heteroatoms. The maximum absolute atomic E-state index is 6.12. The Labute approximate surface area is 197 Å². The Balaban J connectivity index is 0.00000320. The summed E-state index contributed by atoms with van der Waals surface area (Å²) in [6.45, 7) is 6.86. The lowest BCUT2D eigenvalue weighted by molar-refractivity contribution is 0.116. The first kappa shape index (κ1) is 24.4. The van der Waals surface area contributed by atoms with Crippen molar-refractivity contribution in [1.82, 2.24) is 20.4 Å². The number of halogens is 1. The van der Waals surface area contributed by atoms with Crippen molar-refractivity contribution in [2.45, 2.75) is 19.5 Å². The van der Waals surface area contributed by atoms with Gasteiger partial charge in [0.05, 0.1) is 0 Å². The van der Waals surface area contributed by atoms with Crippen molar-refractivity contribution in [3.8, 4) is 11.5 Å². The number of hydrogen-bond acceptors (Lipinski definition) is 4. The summed E-state index contributed by atoms with van der Waals surface area (Å²) in [4.78, 5) is 9.17. The molecule has 3 rings (SSSR count). The van der Waals surface area contributed by atoms with Crippen LogP contribution in [0.4, 0.5) is 0 Å². The van der Waals surface area contributed by atoms with Crippen molar-refractivity contribution < 1.29 is 4.74 Å². The van der Waals surface area contributed by atoms with Gasteiger partial charge in [-0.15, -0.1) is 24.0 Å². The Bertz CT molecular complexity index is 814. The zero-order chi connectivity index (χ0) is 20.6. The van der Waals surface area contributed by atoms with Crippen LogP contribution in [0.1, 0.15) is 11.1 Å². The normalized spacial score (nSPS) is 17.9. The van der Waals surface area contributed by atoms with Crippen molar-refractivity contribution >= 4 is 29.9 Å². The molecule has 2 N–H and O–H groups in total. The molecule has 0 aromatic heterocycles. The van der Waals surface area contributed by atoms with Gasteiger partial charge < -0.3 is 20.3 Å². The monoisotopic (exact) mass is 523 g/mol. The fourth-order valence-electron chi connectivity index (χ4n) is 3.45. The lowest BCUT2D eigenvalue weighted by Crippen LogP contribution is -2.55. The van der Waals surface area contributed by atoms with Crippen molar-refractivity contribution in [1.29, 1.82) is 0 Å². The molecule has 0 bridgehead atoms. The molecule has 1 unspecified atom stereocenters. The molecule has 2 aromatic rings. The highest BCUT2D eigenvalue weighted by Gasteiger charge is 2.22. The van der Waals surface area contributed by atoms with Crippen LogP contribution < -0.4 is 15.4 Å². The average molecular weight is 523 g/mol. The number of benzene rings is 2. The summed E-state index contributed by atoms with van der Waals surface area (Å²) >= 11 is 0. The molecule has 0 spiro atoms. The molecule has 30 heavy (non-hydrogen) atoms. The highest BCUT2D eigenvalue weighted by Crippen LogP contribution is 2.26. The van der Waals surface area contributed by atoms with Crippen molar-refractivity contribution in [2.75, 3.05) is 47.3 Å². The minimum absolute atomic E-state index is 0. The van der Waals surface area contributed by atoms with E-state index in [1.165, 1.54) is 5.56 Å². The average Bonchev–Trinajstić information content (AvgIpc) is 2.72. The summed E-state index contributed by atoms with van der Waals surface area (Å²) in [7, 11) is 6.18. The van der Waals surface area contributed by atoms with E-state index >= 15 is 0 Å². The molecule has 1 fully saturated rings. The topological polar surface area (TPSA) is 52.1 Å². The Morgan fingerprint density at radius 1 is 1.10 bits per heavy atom. The Morgan fingerprint density at radius 3 is 2.60 bits per heavy atom. The Hall–Kier alpha value is -1.84. The largest absolute Gasteiger partial charge is 0.457 e. The third-order valence-corrected chi connectivity index (χ3v) is 5.35. The Kier molecular flexibility index (Phi) is 9.87. The molecule has 0 aliphatic carbocycles. The molecule has 2 aromatic carbocycles. The second-order valence-corrected chi connectivity index (χ2v) is 7.73.